The molecule has 13 heavy (non-hydrogen) atoms. The van der Waals surface area contributed by atoms with E-state index in [1.807, 2.05) is 0 Å². The van der Waals surface area contributed by atoms with Gasteiger partial charge in [0, 0.05) is 5.33 Å². The fourth-order valence-corrected chi connectivity index (χ4v) is 1.18. The maximum absolute atomic E-state index is 12.8. The van der Waals surface area contributed by atoms with E-state index in [0.717, 1.165) is 17.5 Å². The van der Waals surface area contributed by atoms with Crippen LogP contribution in [-0.4, -0.2) is 11.9 Å². The molecule has 0 saturated carbocycles. The van der Waals surface area contributed by atoms with Gasteiger partial charge < -0.3 is 4.74 Å². The Balaban J connectivity index is 2.53. The summed E-state index contributed by atoms with van der Waals surface area (Å²) in [6, 6.07) is 4.79. The summed E-state index contributed by atoms with van der Waals surface area (Å²) in [5, 5.41) is 0.924. The number of rotatable bonds is 4. The minimum Gasteiger partial charge on any atom is -0.494 e. The summed E-state index contributed by atoms with van der Waals surface area (Å²) in [5.74, 6) is 0.549. The maximum atomic E-state index is 12.8. The Labute approximate surface area is 86.0 Å². The van der Waals surface area contributed by atoms with E-state index in [1.54, 1.807) is 19.1 Å². The van der Waals surface area contributed by atoms with E-state index in [-0.39, 0.29) is 5.82 Å². The first-order valence-corrected chi connectivity index (χ1v) is 5.31. The summed E-state index contributed by atoms with van der Waals surface area (Å²) in [6.07, 6.45) is 0.955. The molecule has 0 fully saturated rings. The van der Waals surface area contributed by atoms with Gasteiger partial charge in [-0.1, -0.05) is 15.9 Å². The largest absolute Gasteiger partial charge is 0.494 e. The molecule has 0 aliphatic rings. The molecule has 0 spiro atoms. The topological polar surface area (TPSA) is 9.23 Å². The van der Waals surface area contributed by atoms with Gasteiger partial charge in [0.15, 0.2) is 0 Å². The van der Waals surface area contributed by atoms with Crippen molar-refractivity contribution in [1.29, 1.82) is 0 Å². The molecule has 0 amide bonds. The van der Waals surface area contributed by atoms with Crippen molar-refractivity contribution in [2.24, 2.45) is 0 Å². The average Bonchev–Trinajstić information content (AvgIpc) is 2.12. The van der Waals surface area contributed by atoms with Crippen molar-refractivity contribution in [3.05, 3.63) is 29.6 Å². The molecule has 0 radical (unpaired) electrons. The van der Waals surface area contributed by atoms with Crippen LogP contribution in [0.5, 0.6) is 5.75 Å². The van der Waals surface area contributed by atoms with Crippen LogP contribution >= 0.6 is 15.9 Å². The van der Waals surface area contributed by atoms with E-state index in [4.69, 9.17) is 4.74 Å². The predicted octanol–water partition coefficient (Wildman–Crippen LogP) is 3.30. The van der Waals surface area contributed by atoms with Gasteiger partial charge in [-0.3, -0.25) is 0 Å². The van der Waals surface area contributed by atoms with Gasteiger partial charge in [0.1, 0.15) is 11.6 Å². The smallest absolute Gasteiger partial charge is 0.126 e. The summed E-state index contributed by atoms with van der Waals surface area (Å²) in [6.45, 7) is 2.39. The lowest BCUT2D eigenvalue weighted by Gasteiger charge is -2.05. The van der Waals surface area contributed by atoms with Gasteiger partial charge in [0.25, 0.3) is 0 Å². The van der Waals surface area contributed by atoms with Crippen LogP contribution < -0.4 is 4.74 Å². The highest BCUT2D eigenvalue weighted by Gasteiger charge is 1.98. The molecule has 0 atom stereocenters. The third kappa shape index (κ3) is 3.35. The van der Waals surface area contributed by atoms with Crippen LogP contribution in [0.3, 0.4) is 0 Å². The Morgan fingerprint density at radius 3 is 2.85 bits per heavy atom. The number of hydrogen-bond donors (Lipinski definition) is 0. The van der Waals surface area contributed by atoms with Gasteiger partial charge >= 0.3 is 0 Å². The summed E-state index contributed by atoms with van der Waals surface area (Å²) < 4.78 is 18.2. The van der Waals surface area contributed by atoms with Crippen LogP contribution in [0.1, 0.15) is 12.0 Å². The van der Waals surface area contributed by atoms with Crippen LogP contribution in [-0.2, 0) is 0 Å². The van der Waals surface area contributed by atoms with E-state index in [2.05, 4.69) is 15.9 Å². The molecule has 72 valence electrons. The first-order chi connectivity index (χ1) is 6.24. The highest BCUT2D eigenvalue weighted by atomic mass is 79.9. The summed E-state index contributed by atoms with van der Waals surface area (Å²) in [7, 11) is 0. The second-order valence-electron chi connectivity index (χ2n) is 2.80. The Kier molecular flexibility index (Phi) is 4.22. The van der Waals surface area contributed by atoms with Crippen LogP contribution in [0.2, 0.25) is 0 Å². The summed E-state index contributed by atoms with van der Waals surface area (Å²) in [5.41, 5.74) is 0.622. The molecule has 0 N–H and O–H groups in total. The molecular formula is C10H12BrFO. The van der Waals surface area contributed by atoms with Gasteiger partial charge in [-0.2, -0.15) is 0 Å². The zero-order valence-electron chi connectivity index (χ0n) is 7.52. The van der Waals surface area contributed by atoms with Crippen LogP contribution in [0.15, 0.2) is 18.2 Å². The van der Waals surface area contributed by atoms with Gasteiger partial charge in [-0.15, -0.1) is 0 Å². The molecule has 0 heterocycles. The zero-order chi connectivity index (χ0) is 9.68. The highest BCUT2D eigenvalue weighted by molar-refractivity contribution is 9.09. The van der Waals surface area contributed by atoms with Crippen molar-refractivity contribution in [1.82, 2.24) is 0 Å². The molecule has 0 aliphatic heterocycles. The lowest BCUT2D eigenvalue weighted by Crippen LogP contribution is -1.98. The number of aryl methyl sites for hydroxylation is 1. The van der Waals surface area contributed by atoms with E-state index in [0.29, 0.717) is 12.2 Å². The predicted molar refractivity (Wildman–Crippen MR) is 55.0 cm³/mol. The van der Waals surface area contributed by atoms with Gasteiger partial charge in [-0.05, 0) is 37.1 Å². The third-order valence-electron chi connectivity index (χ3n) is 1.68. The molecular weight excluding hydrogens is 235 g/mol. The Morgan fingerprint density at radius 2 is 2.23 bits per heavy atom. The van der Waals surface area contributed by atoms with E-state index < -0.39 is 0 Å². The normalized spacial score (nSPS) is 10.1. The monoisotopic (exact) mass is 246 g/mol. The Bertz CT molecular complexity index is 276. The Hall–Kier alpha value is -0.570. The first-order valence-electron chi connectivity index (χ1n) is 4.19. The van der Waals surface area contributed by atoms with Gasteiger partial charge in [-0.25, -0.2) is 4.39 Å². The van der Waals surface area contributed by atoms with Gasteiger partial charge in [0.05, 0.1) is 6.61 Å². The fourth-order valence-electron chi connectivity index (χ4n) is 0.952. The molecule has 3 heteroatoms. The molecule has 0 unspecified atom stereocenters. The minimum absolute atomic E-state index is 0.187. The third-order valence-corrected chi connectivity index (χ3v) is 2.24. The molecule has 0 aromatic heterocycles. The van der Waals surface area contributed by atoms with Crippen LogP contribution in [0, 0.1) is 12.7 Å². The number of hydrogen-bond acceptors (Lipinski definition) is 1. The molecule has 0 bridgehead atoms. The molecule has 1 aromatic rings. The van der Waals surface area contributed by atoms with Crippen molar-refractivity contribution >= 4 is 15.9 Å². The summed E-state index contributed by atoms with van der Waals surface area (Å²) in [4.78, 5) is 0. The molecule has 0 aliphatic carbocycles. The minimum atomic E-state index is -0.187. The lowest BCUT2D eigenvalue weighted by molar-refractivity contribution is 0.318. The first kappa shape index (κ1) is 10.5. The van der Waals surface area contributed by atoms with Crippen molar-refractivity contribution in [3.8, 4) is 5.75 Å². The van der Waals surface area contributed by atoms with Crippen molar-refractivity contribution in [3.63, 3.8) is 0 Å². The van der Waals surface area contributed by atoms with E-state index >= 15 is 0 Å². The van der Waals surface area contributed by atoms with E-state index in [9.17, 15) is 4.39 Å². The zero-order valence-corrected chi connectivity index (χ0v) is 9.10. The number of benzene rings is 1. The van der Waals surface area contributed by atoms with Crippen LogP contribution in [0.25, 0.3) is 0 Å². The van der Waals surface area contributed by atoms with Gasteiger partial charge in [0.2, 0.25) is 0 Å². The quantitative estimate of drug-likeness (QED) is 0.586. The summed E-state index contributed by atoms with van der Waals surface area (Å²) >= 11 is 3.31. The standard InChI is InChI=1S/C10H12BrFO/c1-8-7-9(3-4-10(8)12)13-6-2-5-11/h3-4,7H,2,5-6H2,1H3. The molecule has 0 saturated heterocycles. The van der Waals surface area contributed by atoms with Crippen molar-refractivity contribution in [2.75, 3.05) is 11.9 Å². The second kappa shape index (κ2) is 5.22. The lowest BCUT2D eigenvalue weighted by atomic mass is 10.2. The number of alkyl halides is 1. The van der Waals surface area contributed by atoms with E-state index in [1.165, 1.54) is 6.07 Å². The fraction of sp³-hybridized carbons (Fsp3) is 0.400. The second-order valence-corrected chi connectivity index (χ2v) is 3.59. The van der Waals surface area contributed by atoms with Crippen molar-refractivity contribution < 1.29 is 9.13 Å². The number of ether oxygens (including phenoxy) is 1. The average molecular weight is 247 g/mol. The SMILES string of the molecule is Cc1cc(OCCCBr)ccc1F. The molecule has 1 rings (SSSR count). The van der Waals surface area contributed by atoms with Crippen LogP contribution in [0.4, 0.5) is 4.39 Å². The highest BCUT2D eigenvalue weighted by Crippen LogP contribution is 2.15. The maximum Gasteiger partial charge on any atom is 0.126 e. The molecule has 1 nitrogen and oxygen atoms in total. The van der Waals surface area contributed by atoms with Crippen molar-refractivity contribution in [2.45, 2.75) is 13.3 Å². The number of halogens is 2. The molecule has 1 aromatic carbocycles. The Morgan fingerprint density at radius 1 is 1.46 bits per heavy atom.